The number of rotatable bonds is 5. The summed E-state index contributed by atoms with van der Waals surface area (Å²) in [7, 11) is -4.16. The molecule has 1 aromatic carbocycles. The van der Waals surface area contributed by atoms with Gasteiger partial charge in [-0.3, -0.25) is 4.72 Å². The number of nitrogens with zero attached hydrogens (tertiary/aromatic N) is 4. The fourth-order valence-electron chi connectivity index (χ4n) is 2.41. The lowest BCUT2D eigenvalue weighted by Crippen LogP contribution is -2.15. The molecule has 4 rings (SSSR count). The van der Waals surface area contributed by atoms with Crippen molar-refractivity contribution in [3.05, 3.63) is 60.1 Å². The number of sulfonamides is 1. The van der Waals surface area contributed by atoms with E-state index in [2.05, 4.69) is 15.3 Å². The minimum atomic E-state index is -4.16. The van der Waals surface area contributed by atoms with Gasteiger partial charge < -0.3 is 0 Å². The van der Waals surface area contributed by atoms with Gasteiger partial charge in [0.05, 0.1) is 29.5 Å². The Morgan fingerprint density at radius 2 is 1.96 bits per heavy atom. The second kappa shape index (κ2) is 6.13. The Bertz CT molecular complexity index is 1060. The second-order valence-corrected chi connectivity index (χ2v) is 7.58. The smallest absolute Gasteiger partial charge is 0.275 e. The second-order valence-electron chi connectivity index (χ2n) is 5.95. The quantitative estimate of drug-likeness (QED) is 0.738. The normalized spacial score (nSPS) is 14.4. The van der Waals surface area contributed by atoms with E-state index in [0.717, 1.165) is 36.7 Å². The van der Waals surface area contributed by atoms with Crippen molar-refractivity contribution < 1.29 is 17.2 Å². The topological polar surface area (TPSA) is 89.8 Å². The minimum Gasteiger partial charge on any atom is -0.275 e. The molecule has 1 aliphatic carbocycles. The van der Waals surface area contributed by atoms with Crippen molar-refractivity contribution in [1.29, 1.82) is 0 Å². The van der Waals surface area contributed by atoms with Crippen molar-refractivity contribution in [2.24, 2.45) is 0 Å². The Morgan fingerprint density at radius 3 is 2.65 bits per heavy atom. The summed E-state index contributed by atoms with van der Waals surface area (Å²) in [6.45, 7) is 0. The van der Waals surface area contributed by atoms with Gasteiger partial charge in [0, 0.05) is 12.0 Å². The Kier molecular flexibility index (Phi) is 3.91. The molecule has 7 nitrogen and oxygen atoms in total. The number of halogens is 2. The Hall–Kier alpha value is -2.88. The molecule has 10 heteroatoms. The number of hydrogen-bond acceptors (Lipinski definition) is 5. The highest BCUT2D eigenvalue weighted by atomic mass is 32.2. The van der Waals surface area contributed by atoms with E-state index in [1.165, 1.54) is 23.0 Å². The molecule has 0 bridgehead atoms. The zero-order valence-electron chi connectivity index (χ0n) is 13.3. The summed E-state index contributed by atoms with van der Waals surface area (Å²) in [6, 6.07) is 5.26. The molecule has 1 saturated carbocycles. The monoisotopic (exact) mass is 377 g/mol. The molecular weight excluding hydrogens is 364 g/mol. The summed E-state index contributed by atoms with van der Waals surface area (Å²) in [6.07, 6.45) is 5.29. The van der Waals surface area contributed by atoms with Crippen molar-refractivity contribution in [2.75, 3.05) is 4.72 Å². The molecule has 0 unspecified atom stereocenters. The van der Waals surface area contributed by atoms with Crippen LogP contribution in [0.5, 0.6) is 0 Å². The van der Waals surface area contributed by atoms with Gasteiger partial charge in [-0.15, -0.1) is 5.10 Å². The van der Waals surface area contributed by atoms with Gasteiger partial charge in [-0.2, -0.15) is 8.42 Å². The lowest BCUT2D eigenvalue weighted by atomic mass is 10.3. The van der Waals surface area contributed by atoms with Gasteiger partial charge in [0.15, 0.2) is 5.03 Å². The highest BCUT2D eigenvalue weighted by molar-refractivity contribution is 7.92. The maximum atomic E-state index is 13.6. The zero-order valence-corrected chi connectivity index (χ0v) is 14.1. The zero-order chi connectivity index (χ0) is 18.3. The van der Waals surface area contributed by atoms with Crippen LogP contribution < -0.4 is 4.72 Å². The van der Waals surface area contributed by atoms with Gasteiger partial charge in [0.25, 0.3) is 10.0 Å². The molecule has 2 heterocycles. The van der Waals surface area contributed by atoms with Crippen LogP contribution in [0.3, 0.4) is 0 Å². The molecule has 0 spiro atoms. The molecule has 2 aromatic heterocycles. The van der Waals surface area contributed by atoms with E-state index in [1.807, 2.05) is 4.72 Å². The van der Waals surface area contributed by atoms with Crippen LogP contribution in [0.1, 0.15) is 24.5 Å². The summed E-state index contributed by atoms with van der Waals surface area (Å²) in [5, 5.41) is 7.75. The lowest BCUT2D eigenvalue weighted by molar-refractivity contribution is 0.592. The van der Waals surface area contributed by atoms with Crippen LogP contribution in [-0.2, 0) is 10.0 Å². The molecule has 0 atom stereocenters. The van der Waals surface area contributed by atoms with Gasteiger partial charge >= 0.3 is 0 Å². The molecule has 1 fully saturated rings. The highest BCUT2D eigenvalue weighted by Crippen LogP contribution is 2.38. The van der Waals surface area contributed by atoms with Gasteiger partial charge in [-0.25, -0.2) is 18.4 Å². The molecule has 0 amide bonds. The van der Waals surface area contributed by atoms with E-state index < -0.39 is 27.3 Å². The van der Waals surface area contributed by atoms with Gasteiger partial charge in [-0.1, -0.05) is 5.21 Å². The van der Waals surface area contributed by atoms with Crippen molar-refractivity contribution in [3.8, 4) is 5.69 Å². The number of pyridine rings is 1. The van der Waals surface area contributed by atoms with Crippen molar-refractivity contribution in [3.63, 3.8) is 0 Å². The summed E-state index contributed by atoms with van der Waals surface area (Å²) >= 11 is 0. The predicted molar refractivity (Wildman–Crippen MR) is 88.3 cm³/mol. The van der Waals surface area contributed by atoms with E-state index in [-0.39, 0.29) is 5.03 Å². The van der Waals surface area contributed by atoms with E-state index in [0.29, 0.717) is 11.6 Å². The third-order valence-corrected chi connectivity index (χ3v) is 5.22. The summed E-state index contributed by atoms with van der Waals surface area (Å²) in [4.78, 5) is 3.89. The Balaban J connectivity index is 1.57. The largest absolute Gasteiger partial charge is 0.279 e. The average molecular weight is 377 g/mol. The first kappa shape index (κ1) is 16.6. The van der Waals surface area contributed by atoms with Crippen LogP contribution in [0.25, 0.3) is 5.69 Å². The SMILES string of the molecule is O=S(=O)(Nc1cc(F)ccc1F)c1ccc(-n2cc(C3CC3)nn2)cn1. The maximum absolute atomic E-state index is 13.6. The van der Waals surface area contributed by atoms with Crippen LogP contribution >= 0.6 is 0 Å². The fourth-order valence-corrected chi connectivity index (χ4v) is 3.40. The number of nitrogens with one attached hydrogen (secondary N) is 1. The molecule has 134 valence electrons. The number of hydrogen-bond donors (Lipinski definition) is 1. The van der Waals surface area contributed by atoms with Crippen LogP contribution in [0, 0.1) is 11.6 Å². The third kappa shape index (κ3) is 3.27. The first-order chi connectivity index (χ1) is 12.4. The lowest BCUT2D eigenvalue weighted by Gasteiger charge is -2.09. The van der Waals surface area contributed by atoms with Gasteiger partial charge in [0.2, 0.25) is 0 Å². The van der Waals surface area contributed by atoms with Crippen molar-refractivity contribution in [2.45, 2.75) is 23.8 Å². The molecule has 0 aliphatic heterocycles. The fraction of sp³-hybridized carbons (Fsp3) is 0.188. The molecule has 0 saturated heterocycles. The van der Waals surface area contributed by atoms with Crippen LogP contribution in [0.2, 0.25) is 0 Å². The Morgan fingerprint density at radius 1 is 1.15 bits per heavy atom. The summed E-state index contributed by atoms with van der Waals surface area (Å²) in [5.74, 6) is -1.20. The standard InChI is InChI=1S/C16H13F2N5O2S/c17-11-3-5-13(18)14(7-11)21-26(24,25)16-6-4-12(8-19-16)23-9-15(20-22-23)10-1-2-10/h3-10,21H,1-2H2. The van der Waals surface area contributed by atoms with Crippen LogP contribution in [-0.4, -0.2) is 28.4 Å². The van der Waals surface area contributed by atoms with E-state index in [4.69, 9.17) is 0 Å². The van der Waals surface area contributed by atoms with Gasteiger partial charge in [0.1, 0.15) is 11.6 Å². The molecule has 0 radical (unpaired) electrons. The first-order valence-electron chi connectivity index (χ1n) is 7.79. The number of aromatic nitrogens is 4. The molecular formula is C16H13F2N5O2S. The molecule has 1 aliphatic rings. The van der Waals surface area contributed by atoms with E-state index in [9.17, 15) is 17.2 Å². The van der Waals surface area contributed by atoms with Crippen LogP contribution in [0.15, 0.2) is 47.8 Å². The molecule has 3 aromatic rings. The minimum absolute atomic E-state index is 0.326. The summed E-state index contributed by atoms with van der Waals surface area (Å²) in [5.41, 5.74) is 0.950. The van der Waals surface area contributed by atoms with Crippen LogP contribution in [0.4, 0.5) is 14.5 Å². The summed E-state index contributed by atoms with van der Waals surface area (Å²) < 4.78 is 55.0. The first-order valence-corrected chi connectivity index (χ1v) is 9.27. The Labute approximate surface area is 147 Å². The van der Waals surface area contributed by atoms with Gasteiger partial charge in [-0.05, 0) is 37.1 Å². The predicted octanol–water partition coefficient (Wildman–Crippen LogP) is 2.62. The molecule has 1 N–H and O–H groups in total. The van der Waals surface area contributed by atoms with E-state index >= 15 is 0 Å². The molecule has 26 heavy (non-hydrogen) atoms. The number of anilines is 1. The van der Waals surface area contributed by atoms with Crippen molar-refractivity contribution in [1.82, 2.24) is 20.0 Å². The average Bonchev–Trinajstić information content (AvgIpc) is 3.35. The highest BCUT2D eigenvalue weighted by Gasteiger charge is 2.26. The number of benzene rings is 1. The third-order valence-electron chi connectivity index (χ3n) is 3.94. The van der Waals surface area contributed by atoms with E-state index in [1.54, 1.807) is 6.20 Å². The maximum Gasteiger partial charge on any atom is 0.279 e. The van der Waals surface area contributed by atoms with Crippen molar-refractivity contribution >= 4 is 15.7 Å².